The van der Waals surface area contributed by atoms with E-state index in [0.717, 1.165) is 5.09 Å². The predicted molar refractivity (Wildman–Crippen MR) is 54.0 cm³/mol. The van der Waals surface area contributed by atoms with E-state index in [1.165, 1.54) is 11.8 Å². The van der Waals surface area contributed by atoms with Crippen LogP contribution in [-0.4, -0.2) is 24.4 Å². The van der Waals surface area contributed by atoms with Gasteiger partial charge in [0, 0.05) is 5.75 Å². The second-order valence-corrected chi connectivity index (χ2v) is 3.63. The first kappa shape index (κ1) is 11.1. The van der Waals surface area contributed by atoms with Crippen molar-refractivity contribution >= 4 is 17.7 Å². The topological polar surface area (TPSA) is 65.5 Å². The van der Waals surface area contributed by atoms with Gasteiger partial charge in [-0.1, -0.05) is 11.8 Å². The van der Waals surface area contributed by atoms with Gasteiger partial charge in [-0.05, 0) is 19.1 Å². The van der Waals surface area contributed by atoms with Crippen LogP contribution < -0.4 is 5.73 Å². The summed E-state index contributed by atoms with van der Waals surface area (Å²) >= 11 is 1.40. The second kappa shape index (κ2) is 5.72. The molecular weight excluding hydrogens is 202 g/mol. The molecule has 1 unspecified atom stereocenters. The highest BCUT2D eigenvalue weighted by atomic mass is 32.2. The third-order valence-electron chi connectivity index (χ3n) is 1.49. The Bertz CT molecular complexity index is 274. The molecule has 0 aromatic carbocycles. The predicted octanol–water partition coefficient (Wildman–Crippen LogP) is 1.26. The lowest BCUT2D eigenvalue weighted by Gasteiger charge is -2.08. The van der Waals surface area contributed by atoms with E-state index < -0.39 is 6.04 Å². The molecule has 0 radical (unpaired) electrons. The summed E-state index contributed by atoms with van der Waals surface area (Å²) in [4.78, 5) is 11.1. The first-order valence-corrected chi connectivity index (χ1v) is 5.31. The summed E-state index contributed by atoms with van der Waals surface area (Å²) in [6, 6.07) is 3.02. The normalized spacial score (nSPS) is 12.4. The summed E-state index contributed by atoms with van der Waals surface area (Å²) in [7, 11) is 0. The van der Waals surface area contributed by atoms with E-state index in [9.17, 15) is 4.79 Å². The molecule has 1 atom stereocenters. The van der Waals surface area contributed by atoms with Crippen LogP contribution in [0.15, 0.2) is 27.9 Å². The lowest BCUT2D eigenvalue weighted by molar-refractivity contribution is -0.144. The maximum Gasteiger partial charge on any atom is 0.323 e. The highest BCUT2D eigenvalue weighted by molar-refractivity contribution is 7.99. The third kappa shape index (κ3) is 3.43. The molecule has 14 heavy (non-hydrogen) atoms. The van der Waals surface area contributed by atoms with E-state index in [-0.39, 0.29) is 5.97 Å². The molecule has 0 saturated carbocycles. The molecule has 5 heteroatoms. The Kier molecular flexibility index (Phi) is 4.55. The van der Waals surface area contributed by atoms with Crippen molar-refractivity contribution in [3.05, 3.63) is 18.4 Å². The highest BCUT2D eigenvalue weighted by Crippen LogP contribution is 2.18. The lowest BCUT2D eigenvalue weighted by atomic mass is 10.4. The molecule has 0 spiro atoms. The molecule has 1 aromatic heterocycles. The number of furan rings is 1. The van der Waals surface area contributed by atoms with E-state index in [4.69, 9.17) is 14.9 Å². The van der Waals surface area contributed by atoms with Crippen molar-refractivity contribution in [1.29, 1.82) is 0 Å². The molecule has 2 N–H and O–H groups in total. The number of carbonyl (C=O) groups is 1. The zero-order chi connectivity index (χ0) is 10.4. The van der Waals surface area contributed by atoms with Crippen molar-refractivity contribution in [2.24, 2.45) is 5.73 Å². The maximum absolute atomic E-state index is 11.1. The Labute approximate surface area is 86.8 Å². The van der Waals surface area contributed by atoms with Crippen molar-refractivity contribution in [3.8, 4) is 0 Å². The minimum atomic E-state index is -0.593. The standard InChI is InChI=1S/C9H13NO3S/c1-2-12-9(11)7(10)6-14-8-4-3-5-13-8/h3-5,7H,2,6,10H2,1H3. The number of nitrogens with two attached hydrogens (primary N) is 1. The molecule has 0 aliphatic carbocycles. The molecular formula is C9H13NO3S. The minimum Gasteiger partial charge on any atom is -0.465 e. The number of ether oxygens (including phenoxy) is 1. The minimum absolute atomic E-state index is 0.359. The highest BCUT2D eigenvalue weighted by Gasteiger charge is 2.15. The molecule has 0 saturated heterocycles. The molecule has 0 aliphatic heterocycles. The summed E-state index contributed by atoms with van der Waals surface area (Å²) in [5.41, 5.74) is 5.58. The van der Waals surface area contributed by atoms with Crippen LogP contribution in [0.5, 0.6) is 0 Å². The van der Waals surface area contributed by atoms with Crippen LogP contribution >= 0.6 is 11.8 Å². The average molecular weight is 215 g/mol. The van der Waals surface area contributed by atoms with Crippen LogP contribution in [-0.2, 0) is 9.53 Å². The van der Waals surface area contributed by atoms with Crippen molar-refractivity contribution in [2.75, 3.05) is 12.4 Å². The SMILES string of the molecule is CCOC(=O)C(N)CSc1ccco1. The molecule has 0 bridgehead atoms. The Morgan fingerprint density at radius 1 is 1.79 bits per heavy atom. The lowest BCUT2D eigenvalue weighted by Crippen LogP contribution is -2.34. The van der Waals surface area contributed by atoms with Gasteiger partial charge in [0.2, 0.25) is 0 Å². The van der Waals surface area contributed by atoms with Crippen LogP contribution in [0.1, 0.15) is 6.92 Å². The van der Waals surface area contributed by atoms with Gasteiger partial charge in [0.25, 0.3) is 0 Å². The van der Waals surface area contributed by atoms with Gasteiger partial charge in [0.1, 0.15) is 6.04 Å². The molecule has 1 rings (SSSR count). The van der Waals surface area contributed by atoms with Gasteiger partial charge in [0.15, 0.2) is 5.09 Å². The number of hydrogen-bond acceptors (Lipinski definition) is 5. The Morgan fingerprint density at radius 2 is 2.57 bits per heavy atom. The molecule has 78 valence electrons. The monoisotopic (exact) mass is 215 g/mol. The van der Waals surface area contributed by atoms with E-state index in [1.54, 1.807) is 19.3 Å². The van der Waals surface area contributed by atoms with E-state index in [0.29, 0.717) is 12.4 Å². The first-order valence-electron chi connectivity index (χ1n) is 4.32. The van der Waals surface area contributed by atoms with Crippen molar-refractivity contribution in [3.63, 3.8) is 0 Å². The summed E-state index contributed by atoms with van der Waals surface area (Å²) < 4.78 is 9.84. The van der Waals surface area contributed by atoms with Gasteiger partial charge in [0.05, 0.1) is 12.9 Å². The van der Waals surface area contributed by atoms with Crippen LogP contribution in [0.25, 0.3) is 0 Å². The average Bonchev–Trinajstić information content (AvgIpc) is 2.67. The smallest absolute Gasteiger partial charge is 0.323 e. The van der Waals surface area contributed by atoms with Gasteiger partial charge in [-0.25, -0.2) is 0 Å². The quantitative estimate of drug-likeness (QED) is 0.591. The van der Waals surface area contributed by atoms with Crippen LogP contribution in [0.4, 0.5) is 0 Å². The molecule has 0 aliphatic rings. The van der Waals surface area contributed by atoms with Crippen LogP contribution in [0, 0.1) is 0 Å². The summed E-state index contributed by atoms with van der Waals surface area (Å²) in [6.07, 6.45) is 1.58. The van der Waals surface area contributed by atoms with Gasteiger partial charge in [-0.3, -0.25) is 4.79 Å². The molecule has 0 fully saturated rings. The van der Waals surface area contributed by atoms with Crippen molar-refractivity contribution in [1.82, 2.24) is 0 Å². The number of esters is 1. The van der Waals surface area contributed by atoms with Gasteiger partial charge < -0.3 is 14.9 Å². The fraction of sp³-hybridized carbons (Fsp3) is 0.444. The van der Waals surface area contributed by atoms with E-state index in [1.807, 2.05) is 6.07 Å². The molecule has 1 heterocycles. The summed E-state index contributed by atoms with van der Waals surface area (Å²) in [6.45, 7) is 2.11. The van der Waals surface area contributed by atoms with Gasteiger partial charge >= 0.3 is 5.97 Å². The Hall–Kier alpha value is -0.940. The number of thioether (sulfide) groups is 1. The summed E-state index contributed by atoms with van der Waals surface area (Å²) in [5.74, 6) is 0.0957. The van der Waals surface area contributed by atoms with E-state index in [2.05, 4.69) is 0 Å². The van der Waals surface area contributed by atoms with E-state index >= 15 is 0 Å². The van der Waals surface area contributed by atoms with Crippen molar-refractivity contribution in [2.45, 2.75) is 18.1 Å². The maximum atomic E-state index is 11.1. The fourth-order valence-electron chi connectivity index (χ4n) is 0.835. The fourth-order valence-corrected chi connectivity index (χ4v) is 1.61. The molecule has 0 amide bonds. The largest absolute Gasteiger partial charge is 0.465 e. The second-order valence-electron chi connectivity index (χ2n) is 2.60. The number of hydrogen-bond donors (Lipinski definition) is 1. The van der Waals surface area contributed by atoms with Crippen molar-refractivity contribution < 1.29 is 13.9 Å². The zero-order valence-corrected chi connectivity index (χ0v) is 8.75. The summed E-state index contributed by atoms with van der Waals surface area (Å²) in [5, 5.41) is 0.754. The molecule has 4 nitrogen and oxygen atoms in total. The number of rotatable bonds is 5. The van der Waals surface area contributed by atoms with Gasteiger partial charge in [-0.2, -0.15) is 0 Å². The Morgan fingerprint density at radius 3 is 3.14 bits per heavy atom. The number of carbonyl (C=O) groups excluding carboxylic acids is 1. The zero-order valence-electron chi connectivity index (χ0n) is 7.93. The van der Waals surface area contributed by atoms with Gasteiger partial charge in [-0.15, -0.1) is 0 Å². The van der Waals surface area contributed by atoms with Crippen LogP contribution in [0.2, 0.25) is 0 Å². The van der Waals surface area contributed by atoms with Crippen LogP contribution in [0.3, 0.4) is 0 Å². The Balaban J connectivity index is 2.27. The third-order valence-corrected chi connectivity index (χ3v) is 2.53. The molecule has 1 aromatic rings. The first-order chi connectivity index (χ1) is 6.74.